The van der Waals surface area contributed by atoms with Gasteiger partial charge in [0.15, 0.2) is 11.9 Å². The average Bonchev–Trinajstić information content (AvgIpc) is 2.58. The van der Waals surface area contributed by atoms with E-state index in [1.807, 2.05) is 6.92 Å². The first-order valence-electron chi connectivity index (χ1n) is 8.42. The first-order chi connectivity index (χ1) is 12.2. The van der Waals surface area contributed by atoms with Gasteiger partial charge in [-0.3, -0.25) is 24.1 Å². The Morgan fingerprint density at radius 2 is 2.04 bits per heavy atom. The molecule has 0 saturated carbocycles. The van der Waals surface area contributed by atoms with Crippen LogP contribution in [-0.2, 0) is 14.4 Å². The van der Waals surface area contributed by atoms with E-state index < -0.39 is 29.9 Å². The number of carbonyl (C=O) groups is 4. The summed E-state index contributed by atoms with van der Waals surface area (Å²) in [7, 11) is 0. The van der Waals surface area contributed by atoms with Crippen LogP contribution in [0.25, 0.3) is 0 Å². The van der Waals surface area contributed by atoms with Gasteiger partial charge in [0.2, 0.25) is 5.91 Å². The van der Waals surface area contributed by atoms with Crippen molar-refractivity contribution >= 4 is 29.3 Å². The van der Waals surface area contributed by atoms with Crippen LogP contribution in [0.3, 0.4) is 0 Å². The van der Waals surface area contributed by atoms with Crippen molar-refractivity contribution in [1.82, 2.24) is 5.32 Å². The molecule has 2 amide bonds. The molecule has 2 rings (SSSR count). The smallest absolute Gasteiger partial charge is 0.325 e. The lowest BCUT2D eigenvalue weighted by Crippen LogP contribution is -2.50. The van der Waals surface area contributed by atoms with Crippen molar-refractivity contribution in [2.75, 3.05) is 11.4 Å². The molecule has 2 unspecified atom stereocenters. The lowest BCUT2D eigenvalue weighted by Gasteiger charge is -2.33. The Hall–Kier alpha value is -2.90. The number of amides is 2. The van der Waals surface area contributed by atoms with Crippen molar-refractivity contribution in [1.29, 1.82) is 0 Å². The Morgan fingerprint density at radius 3 is 2.65 bits per heavy atom. The number of rotatable bonds is 7. The van der Waals surface area contributed by atoms with E-state index >= 15 is 0 Å². The predicted molar refractivity (Wildman–Crippen MR) is 93.4 cm³/mol. The van der Waals surface area contributed by atoms with Crippen LogP contribution in [-0.4, -0.2) is 47.4 Å². The fourth-order valence-electron chi connectivity index (χ4n) is 2.61. The number of hydrogen-bond acceptors (Lipinski definition) is 5. The molecule has 1 heterocycles. The Balaban J connectivity index is 2.30. The van der Waals surface area contributed by atoms with Gasteiger partial charge in [-0.2, -0.15) is 0 Å². The topological polar surface area (TPSA) is 113 Å². The Morgan fingerprint density at radius 1 is 1.35 bits per heavy atom. The molecule has 140 valence electrons. The fraction of sp³-hybridized carbons (Fsp3) is 0.444. The van der Waals surface area contributed by atoms with Gasteiger partial charge in [0.25, 0.3) is 5.91 Å². The second-order valence-electron chi connectivity index (χ2n) is 6.17. The van der Waals surface area contributed by atoms with Gasteiger partial charge in [-0.15, -0.1) is 0 Å². The number of benzene rings is 1. The maximum Gasteiger partial charge on any atom is 0.325 e. The number of Topliss-reactive ketones (excluding diaryl/α,β-unsaturated/α-hetero) is 1. The summed E-state index contributed by atoms with van der Waals surface area (Å²) in [6.45, 7) is 4.43. The molecule has 0 saturated heterocycles. The van der Waals surface area contributed by atoms with E-state index in [0.29, 0.717) is 29.8 Å². The zero-order valence-electron chi connectivity index (χ0n) is 14.9. The molecule has 2 N–H and O–H groups in total. The SMILES string of the molecule is CCCC(=O)c1ccc2c(c1)N(CC(=O)NC(C)C(=O)O)C(=O)C(C)O2. The second kappa shape index (κ2) is 7.99. The van der Waals surface area contributed by atoms with E-state index in [1.54, 1.807) is 19.1 Å². The van der Waals surface area contributed by atoms with Gasteiger partial charge in [-0.1, -0.05) is 6.92 Å². The van der Waals surface area contributed by atoms with Gasteiger partial charge in [-0.05, 0) is 38.5 Å². The highest BCUT2D eigenvalue weighted by Gasteiger charge is 2.33. The van der Waals surface area contributed by atoms with Crippen LogP contribution < -0.4 is 15.0 Å². The van der Waals surface area contributed by atoms with E-state index in [-0.39, 0.29) is 12.3 Å². The number of aliphatic carboxylic acids is 1. The number of hydrogen-bond donors (Lipinski definition) is 2. The number of carboxylic acid groups (broad SMARTS) is 1. The zero-order valence-corrected chi connectivity index (χ0v) is 14.9. The van der Waals surface area contributed by atoms with Crippen molar-refractivity contribution in [3.05, 3.63) is 23.8 Å². The summed E-state index contributed by atoms with van der Waals surface area (Å²) < 4.78 is 5.54. The summed E-state index contributed by atoms with van der Waals surface area (Å²) >= 11 is 0. The van der Waals surface area contributed by atoms with Crippen LogP contribution in [0.1, 0.15) is 44.0 Å². The molecule has 0 aliphatic carbocycles. The van der Waals surface area contributed by atoms with E-state index in [1.165, 1.54) is 17.9 Å². The highest BCUT2D eigenvalue weighted by molar-refractivity contribution is 6.05. The first-order valence-corrected chi connectivity index (χ1v) is 8.42. The molecule has 26 heavy (non-hydrogen) atoms. The molecule has 2 atom stereocenters. The standard InChI is InChI=1S/C18H22N2O6/c1-4-5-14(21)12-6-7-15-13(8-12)20(17(23)11(3)26-15)9-16(22)19-10(2)18(24)25/h6-8,10-11H,4-5,9H2,1-3H3,(H,19,22)(H,24,25). The zero-order chi connectivity index (χ0) is 19.4. The van der Waals surface area contributed by atoms with Gasteiger partial charge in [0, 0.05) is 12.0 Å². The molecule has 0 spiro atoms. The van der Waals surface area contributed by atoms with E-state index in [2.05, 4.69) is 5.32 Å². The molecule has 0 radical (unpaired) electrons. The minimum Gasteiger partial charge on any atom is -0.480 e. The molecule has 8 heteroatoms. The average molecular weight is 362 g/mol. The second-order valence-corrected chi connectivity index (χ2v) is 6.17. The lowest BCUT2D eigenvalue weighted by molar-refractivity contribution is -0.141. The van der Waals surface area contributed by atoms with Gasteiger partial charge < -0.3 is 15.2 Å². The number of ketones is 1. The van der Waals surface area contributed by atoms with Crippen molar-refractivity contribution < 1.29 is 29.0 Å². The van der Waals surface area contributed by atoms with Crippen LogP contribution >= 0.6 is 0 Å². The number of carbonyl (C=O) groups excluding carboxylic acids is 3. The molecule has 0 aromatic heterocycles. The summed E-state index contributed by atoms with van der Waals surface area (Å²) in [4.78, 5) is 48.8. The number of carboxylic acids is 1. The molecule has 1 aliphatic rings. The van der Waals surface area contributed by atoms with Crippen molar-refractivity contribution in [3.8, 4) is 5.75 Å². The number of anilines is 1. The van der Waals surface area contributed by atoms with Crippen molar-refractivity contribution in [3.63, 3.8) is 0 Å². The third kappa shape index (κ3) is 4.19. The fourth-order valence-corrected chi connectivity index (χ4v) is 2.61. The third-order valence-corrected chi connectivity index (χ3v) is 4.02. The van der Waals surface area contributed by atoms with Crippen molar-refractivity contribution in [2.45, 2.75) is 45.8 Å². The summed E-state index contributed by atoms with van der Waals surface area (Å²) in [6.07, 6.45) is 0.284. The normalized spacial score (nSPS) is 17.1. The maximum absolute atomic E-state index is 12.5. The highest BCUT2D eigenvalue weighted by atomic mass is 16.5. The molecule has 8 nitrogen and oxygen atoms in total. The van der Waals surface area contributed by atoms with Crippen LogP contribution in [0.4, 0.5) is 5.69 Å². The van der Waals surface area contributed by atoms with E-state index in [0.717, 1.165) is 0 Å². The Labute approximate surface area is 151 Å². The van der Waals surface area contributed by atoms with E-state index in [4.69, 9.17) is 9.84 Å². The largest absolute Gasteiger partial charge is 0.480 e. The van der Waals surface area contributed by atoms with Crippen molar-refractivity contribution in [2.24, 2.45) is 0 Å². The maximum atomic E-state index is 12.5. The predicted octanol–water partition coefficient (Wildman–Crippen LogP) is 1.37. The lowest BCUT2D eigenvalue weighted by atomic mass is 10.0. The molecule has 1 aliphatic heterocycles. The molecule has 0 fully saturated rings. The highest BCUT2D eigenvalue weighted by Crippen LogP contribution is 2.35. The van der Waals surface area contributed by atoms with Gasteiger partial charge in [0.1, 0.15) is 18.3 Å². The minimum atomic E-state index is -1.17. The number of nitrogens with zero attached hydrogens (tertiary/aromatic N) is 1. The quantitative estimate of drug-likeness (QED) is 0.709. The van der Waals surface area contributed by atoms with E-state index in [9.17, 15) is 19.2 Å². The number of ether oxygens (including phenoxy) is 1. The van der Waals surface area contributed by atoms with Crippen LogP contribution in [0.15, 0.2) is 18.2 Å². The molecule has 1 aromatic carbocycles. The third-order valence-electron chi connectivity index (χ3n) is 4.02. The van der Waals surface area contributed by atoms with Gasteiger partial charge >= 0.3 is 5.97 Å². The molecule has 1 aromatic rings. The van der Waals surface area contributed by atoms with Crippen LogP contribution in [0.5, 0.6) is 5.75 Å². The Bertz CT molecular complexity index is 745. The molecule has 0 bridgehead atoms. The summed E-state index contributed by atoms with van der Waals surface area (Å²) in [5, 5.41) is 11.2. The number of nitrogens with one attached hydrogen (secondary N) is 1. The Kier molecular flexibility index (Phi) is 5.97. The minimum absolute atomic E-state index is 0.0646. The van der Waals surface area contributed by atoms with Gasteiger partial charge in [-0.25, -0.2) is 0 Å². The molecular weight excluding hydrogens is 340 g/mol. The van der Waals surface area contributed by atoms with Crippen LogP contribution in [0, 0.1) is 0 Å². The summed E-state index contributed by atoms with van der Waals surface area (Å²) in [5.74, 6) is -1.89. The summed E-state index contributed by atoms with van der Waals surface area (Å²) in [6, 6.07) is 3.69. The molecular formula is C18H22N2O6. The monoisotopic (exact) mass is 362 g/mol. The first kappa shape index (κ1) is 19.4. The summed E-state index contributed by atoms with van der Waals surface area (Å²) in [5.41, 5.74) is 0.758. The number of fused-ring (bicyclic) bond motifs is 1. The van der Waals surface area contributed by atoms with Crippen LogP contribution in [0.2, 0.25) is 0 Å². The van der Waals surface area contributed by atoms with Gasteiger partial charge in [0.05, 0.1) is 5.69 Å².